The van der Waals surface area contributed by atoms with E-state index in [0.717, 1.165) is 35.8 Å². The summed E-state index contributed by atoms with van der Waals surface area (Å²) in [6.45, 7) is 2.27. The van der Waals surface area contributed by atoms with Gasteiger partial charge in [-0.25, -0.2) is 0 Å². The number of rotatable bonds is 6. The molecule has 0 aromatic heterocycles. The van der Waals surface area contributed by atoms with Crippen LogP contribution in [0.1, 0.15) is 44.6 Å². The summed E-state index contributed by atoms with van der Waals surface area (Å²) in [5, 5.41) is 10.5. The molecular formula is C18H28O3. The minimum absolute atomic E-state index is 0.249. The van der Waals surface area contributed by atoms with Crippen molar-refractivity contribution < 1.29 is 14.6 Å². The second-order valence-corrected chi connectivity index (χ2v) is 6.15. The number of aliphatic hydroxyl groups is 1. The molecule has 0 heterocycles. The predicted octanol–water partition coefficient (Wildman–Crippen LogP) is 3.82. The first-order valence-corrected chi connectivity index (χ1v) is 8.06. The van der Waals surface area contributed by atoms with Crippen molar-refractivity contribution in [2.45, 2.75) is 51.6 Å². The molecule has 0 spiro atoms. The fourth-order valence-corrected chi connectivity index (χ4v) is 3.40. The van der Waals surface area contributed by atoms with E-state index in [1.165, 1.54) is 19.3 Å². The number of aliphatic hydroxyl groups excluding tert-OH is 1. The van der Waals surface area contributed by atoms with Crippen LogP contribution in [0.2, 0.25) is 0 Å². The van der Waals surface area contributed by atoms with Crippen molar-refractivity contribution in [2.75, 3.05) is 14.2 Å². The van der Waals surface area contributed by atoms with Crippen LogP contribution < -0.4 is 9.47 Å². The maximum absolute atomic E-state index is 10.5. The van der Waals surface area contributed by atoms with Gasteiger partial charge in [0.05, 0.1) is 20.3 Å². The maximum atomic E-state index is 10.5. The minimum atomic E-state index is -0.249. The summed E-state index contributed by atoms with van der Waals surface area (Å²) in [6, 6.07) is 5.90. The van der Waals surface area contributed by atoms with Crippen molar-refractivity contribution in [3.05, 3.63) is 23.8 Å². The van der Waals surface area contributed by atoms with Crippen LogP contribution in [0, 0.1) is 11.8 Å². The normalized spacial score (nSPS) is 23.6. The highest BCUT2D eigenvalue weighted by atomic mass is 16.5. The van der Waals surface area contributed by atoms with Crippen LogP contribution in [0.15, 0.2) is 18.2 Å². The van der Waals surface area contributed by atoms with Crippen molar-refractivity contribution in [3.63, 3.8) is 0 Å². The van der Waals surface area contributed by atoms with E-state index in [1.807, 2.05) is 18.2 Å². The molecule has 0 radical (unpaired) electrons. The first kappa shape index (κ1) is 16.2. The standard InChI is InChI=1S/C18H28O3/c1-4-13-5-8-15(9-6-13)16(19)11-14-7-10-17(20-2)18(12-14)21-3/h7,10,12-13,15-16,19H,4-6,8-9,11H2,1-3H3. The van der Waals surface area contributed by atoms with E-state index in [2.05, 4.69) is 6.92 Å². The number of methoxy groups -OCH3 is 2. The third-order valence-corrected chi connectivity index (χ3v) is 4.91. The Hall–Kier alpha value is -1.22. The Morgan fingerprint density at radius 2 is 1.76 bits per heavy atom. The molecule has 0 aliphatic heterocycles. The van der Waals surface area contributed by atoms with Crippen LogP contribution >= 0.6 is 0 Å². The lowest BCUT2D eigenvalue weighted by Gasteiger charge is -2.31. The Kier molecular flexibility index (Phi) is 5.92. The molecule has 1 fully saturated rings. The molecular weight excluding hydrogens is 264 g/mol. The van der Waals surface area contributed by atoms with Gasteiger partial charge in [0.15, 0.2) is 11.5 Å². The van der Waals surface area contributed by atoms with Crippen molar-refractivity contribution in [1.29, 1.82) is 0 Å². The molecule has 1 atom stereocenters. The zero-order chi connectivity index (χ0) is 15.2. The molecule has 0 saturated heterocycles. The van der Waals surface area contributed by atoms with Gasteiger partial charge in [-0.2, -0.15) is 0 Å². The molecule has 1 saturated carbocycles. The molecule has 1 aliphatic carbocycles. The zero-order valence-electron chi connectivity index (χ0n) is 13.5. The van der Waals surface area contributed by atoms with Gasteiger partial charge in [-0.1, -0.05) is 32.3 Å². The van der Waals surface area contributed by atoms with E-state index in [1.54, 1.807) is 14.2 Å². The molecule has 1 unspecified atom stereocenters. The molecule has 1 aliphatic rings. The monoisotopic (exact) mass is 292 g/mol. The predicted molar refractivity (Wildman–Crippen MR) is 85.0 cm³/mol. The molecule has 1 aromatic rings. The second kappa shape index (κ2) is 7.69. The summed E-state index contributed by atoms with van der Waals surface area (Å²) in [5.41, 5.74) is 1.11. The lowest BCUT2D eigenvalue weighted by molar-refractivity contribution is 0.0735. The Labute approximate surface area is 128 Å². The Morgan fingerprint density at radius 1 is 1.10 bits per heavy atom. The minimum Gasteiger partial charge on any atom is -0.493 e. The lowest BCUT2D eigenvalue weighted by atomic mass is 9.77. The van der Waals surface area contributed by atoms with Crippen molar-refractivity contribution in [1.82, 2.24) is 0 Å². The number of benzene rings is 1. The molecule has 3 heteroatoms. The molecule has 1 aromatic carbocycles. The van der Waals surface area contributed by atoms with Gasteiger partial charge in [0.25, 0.3) is 0 Å². The highest BCUT2D eigenvalue weighted by molar-refractivity contribution is 5.43. The quantitative estimate of drug-likeness (QED) is 0.866. The average Bonchev–Trinajstić information content (AvgIpc) is 2.54. The molecule has 21 heavy (non-hydrogen) atoms. The summed E-state index contributed by atoms with van der Waals surface area (Å²) in [7, 11) is 3.28. The van der Waals surface area contributed by atoms with Crippen molar-refractivity contribution in [3.8, 4) is 11.5 Å². The van der Waals surface area contributed by atoms with Gasteiger partial charge >= 0.3 is 0 Å². The van der Waals surface area contributed by atoms with E-state index in [-0.39, 0.29) is 6.10 Å². The van der Waals surface area contributed by atoms with Crippen LogP contribution in [0.25, 0.3) is 0 Å². The third-order valence-electron chi connectivity index (χ3n) is 4.91. The second-order valence-electron chi connectivity index (χ2n) is 6.15. The molecule has 0 bridgehead atoms. The van der Waals surface area contributed by atoms with Crippen LogP contribution in [-0.4, -0.2) is 25.4 Å². The van der Waals surface area contributed by atoms with Crippen molar-refractivity contribution in [2.24, 2.45) is 11.8 Å². The van der Waals surface area contributed by atoms with Crippen LogP contribution in [0.4, 0.5) is 0 Å². The van der Waals surface area contributed by atoms with Crippen LogP contribution in [0.3, 0.4) is 0 Å². The molecule has 3 nitrogen and oxygen atoms in total. The number of hydrogen-bond donors (Lipinski definition) is 1. The number of ether oxygens (including phenoxy) is 2. The number of hydrogen-bond acceptors (Lipinski definition) is 3. The van der Waals surface area contributed by atoms with Crippen LogP contribution in [0.5, 0.6) is 11.5 Å². The first-order chi connectivity index (χ1) is 10.2. The van der Waals surface area contributed by atoms with Gasteiger partial charge in [-0.15, -0.1) is 0 Å². The Balaban J connectivity index is 1.95. The van der Waals surface area contributed by atoms with Gasteiger partial charge in [0.2, 0.25) is 0 Å². The summed E-state index contributed by atoms with van der Waals surface area (Å²) in [5.74, 6) is 2.78. The van der Waals surface area contributed by atoms with Gasteiger partial charge in [-0.05, 0) is 48.8 Å². The summed E-state index contributed by atoms with van der Waals surface area (Å²) >= 11 is 0. The topological polar surface area (TPSA) is 38.7 Å². The van der Waals surface area contributed by atoms with Gasteiger partial charge in [0.1, 0.15) is 0 Å². The highest BCUT2D eigenvalue weighted by Crippen LogP contribution is 2.34. The molecule has 1 N–H and O–H groups in total. The van der Waals surface area contributed by atoms with Gasteiger partial charge in [-0.3, -0.25) is 0 Å². The summed E-state index contributed by atoms with van der Waals surface area (Å²) < 4.78 is 10.6. The Bertz CT molecular complexity index is 436. The average molecular weight is 292 g/mol. The molecule has 2 rings (SSSR count). The van der Waals surface area contributed by atoms with Crippen LogP contribution in [-0.2, 0) is 6.42 Å². The first-order valence-electron chi connectivity index (χ1n) is 8.06. The summed E-state index contributed by atoms with van der Waals surface area (Å²) in [4.78, 5) is 0. The summed E-state index contributed by atoms with van der Waals surface area (Å²) in [6.07, 6.45) is 6.58. The maximum Gasteiger partial charge on any atom is 0.160 e. The highest BCUT2D eigenvalue weighted by Gasteiger charge is 2.25. The fraction of sp³-hybridized carbons (Fsp3) is 0.667. The Morgan fingerprint density at radius 3 is 2.33 bits per heavy atom. The fourth-order valence-electron chi connectivity index (χ4n) is 3.40. The molecule has 118 valence electrons. The van der Waals surface area contributed by atoms with E-state index < -0.39 is 0 Å². The van der Waals surface area contributed by atoms with E-state index in [4.69, 9.17) is 9.47 Å². The SMILES string of the molecule is CCC1CCC(C(O)Cc2ccc(OC)c(OC)c2)CC1. The molecule has 0 amide bonds. The van der Waals surface area contributed by atoms with Crippen molar-refractivity contribution >= 4 is 0 Å². The zero-order valence-corrected chi connectivity index (χ0v) is 13.5. The van der Waals surface area contributed by atoms with E-state index in [0.29, 0.717) is 12.3 Å². The van der Waals surface area contributed by atoms with Gasteiger partial charge in [0, 0.05) is 0 Å². The largest absolute Gasteiger partial charge is 0.493 e. The van der Waals surface area contributed by atoms with E-state index in [9.17, 15) is 5.11 Å². The van der Waals surface area contributed by atoms with E-state index >= 15 is 0 Å². The van der Waals surface area contributed by atoms with Gasteiger partial charge < -0.3 is 14.6 Å². The third kappa shape index (κ3) is 4.13. The smallest absolute Gasteiger partial charge is 0.160 e. The lowest BCUT2D eigenvalue weighted by Crippen LogP contribution is -2.27.